The smallest absolute Gasteiger partial charge is 0.221 e. The van der Waals surface area contributed by atoms with E-state index >= 15 is 0 Å². The van der Waals surface area contributed by atoms with Gasteiger partial charge in [-0.25, -0.2) is 4.98 Å². The number of nitrogens with zero attached hydrogens (tertiary/aromatic N) is 2. The van der Waals surface area contributed by atoms with Crippen LogP contribution in [0.5, 0.6) is 5.88 Å². The predicted octanol–water partition coefficient (Wildman–Crippen LogP) is 3.94. The van der Waals surface area contributed by atoms with Crippen LogP contribution in [0.1, 0.15) is 58.8 Å². The standard InChI is InChI=1S/C16H29N3O/c1-8-9-11(2)10-20-14-12(3)13(17-7)18-15(19-14)16(4,5)6/h11H,8-10H2,1-7H3,(H,17,18,19). The Labute approximate surface area is 123 Å². The molecule has 0 saturated carbocycles. The SMILES string of the molecule is CCCC(C)COc1nc(C(C)(C)C)nc(NC)c1C. The molecule has 0 aromatic carbocycles. The lowest BCUT2D eigenvalue weighted by atomic mass is 9.95. The van der Waals surface area contributed by atoms with Gasteiger partial charge in [-0.2, -0.15) is 4.98 Å². The number of aromatic nitrogens is 2. The molecule has 0 aliphatic heterocycles. The highest BCUT2D eigenvalue weighted by Gasteiger charge is 2.21. The molecule has 0 bridgehead atoms. The summed E-state index contributed by atoms with van der Waals surface area (Å²) in [7, 11) is 1.88. The summed E-state index contributed by atoms with van der Waals surface area (Å²) < 4.78 is 5.94. The maximum Gasteiger partial charge on any atom is 0.221 e. The largest absolute Gasteiger partial charge is 0.477 e. The summed E-state index contributed by atoms with van der Waals surface area (Å²) in [6.07, 6.45) is 2.36. The first-order chi connectivity index (χ1) is 9.29. The van der Waals surface area contributed by atoms with Gasteiger partial charge in [0.1, 0.15) is 11.6 Å². The summed E-state index contributed by atoms with van der Waals surface area (Å²) in [5.41, 5.74) is 0.885. The van der Waals surface area contributed by atoms with Crippen molar-refractivity contribution in [3.05, 3.63) is 11.4 Å². The van der Waals surface area contributed by atoms with Crippen LogP contribution in [0, 0.1) is 12.8 Å². The third kappa shape index (κ3) is 4.36. The van der Waals surface area contributed by atoms with Gasteiger partial charge in [-0.05, 0) is 19.3 Å². The highest BCUT2D eigenvalue weighted by molar-refractivity contribution is 5.48. The summed E-state index contributed by atoms with van der Waals surface area (Å²) in [6.45, 7) is 13.4. The average Bonchev–Trinajstić information content (AvgIpc) is 2.36. The molecule has 0 amide bonds. The van der Waals surface area contributed by atoms with Crippen molar-refractivity contribution in [3.8, 4) is 5.88 Å². The predicted molar refractivity (Wildman–Crippen MR) is 84.6 cm³/mol. The van der Waals surface area contributed by atoms with E-state index in [0.717, 1.165) is 17.2 Å². The fraction of sp³-hybridized carbons (Fsp3) is 0.750. The molecule has 1 atom stereocenters. The third-order valence-corrected chi connectivity index (χ3v) is 3.29. The van der Waals surface area contributed by atoms with Crippen molar-refractivity contribution in [1.29, 1.82) is 0 Å². The van der Waals surface area contributed by atoms with E-state index in [9.17, 15) is 0 Å². The van der Waals surface area contributed by atoms with Crippen LogP contribution in [0.3, 0.4) is 0 Å². The van der Waals surface area contributed by atoms with Crippen molar-refractivity contribution >= 4 is 5.82 Å². The van der Waals surface area contributed by atoms with Crippen molar-refractivity contribution in [2.45, 2.75) is 59.8 Å². The lowest BCUT2D eigenvalue weighted by Crippen LogP contribution is -2.19. The maximum atomic E-state index is 5.94. The molecule has 20 heavy (non-hydrogen) atoms. The zero-order valence-corrected chi connectivity index (χ0v) is 14.0. The average molecular weight is 279 g/mol. The molecule has 0 saturated heterocycles. The van der Waals surface area contributed by atoms with Crippen LogP contribution in [-0.4, -0.2) is 23.6 Å². The van der Waals surface area contributed by atoms with Gasteiger partial charge in [0.15, 0.2) is 0 Å². The molecule has 1 unspecified atom stereocenters. The van der Waals surface area contributed by atoms with Crippen molar-refractivity contribution < 1.29 is 4.74 Å². The molecule has 0 spiro atoms. The highest BCUT2D eigenvalue weighted by atomic mass is 16.5. The number of hydrogen-bond donors (Lipinski definition) is 1. The zero-order chi connectivity index (χ0) is 15.3. The second kappa shape index (κ2) is 6.91. The molecule has 1 aromatic rings. The molecule has 0 radical (unpaired) electrons. The second-order valence-corrected chi connectivity index (χ2v) is 6.53. The number of nitrogens with one attached hydrogen (secondary N) is 1. The Morgan fingerprint density at radius 1 is 1.25 bits per heavy atom. The minimum Gasteiger partial charge on any atom is -0.477 e. The number of hydrogen-bond acceptors (Lipinski definition) is 4. The topological polar surface area (TPSA) is 47.0 Å². The van der Waals surface area contributed by atoms with E-state index in [1.165, 1.54) is 12.8 Å². The quantitative estimate of drug-likeness (QED) is 0.857. The lowest BCUT2D eigenvalue weighted by Gasteiger charge is -2.21. The molecular weight excluding hydrogens is 250 g/mol. The molecule has 1 aromatic heterocycles. The van der Waals surface area contributed by atoms with E-state index in [2.05, 4.69) is 49.9 Å². The van der Waals surface area contributed by atoms with Crippen molar-refractivity contribution in [2.24, 2.45) is 5.92 Å². The molecule has 4 nitrogen and oxygen atoms in total. The fourth-order valence-electron chi connectivity index (χ4n) is 2.01. The van der Waals surface area contributed by atoms with Crippen LogP contribution < -0.4 is 10.1 Å². The molecule has 0 aliphatic rings. The van der Waals surface area contributed by atoms with Gasteiger partial charge < -0.3 is 10.1 Å². The van der Waals surface area contributed by atoms with E-state index in [1.807, 2.05) is 14.0 Å². The van der Waals surface area contributed by atoms with Gasteiger partial charge in [-0.1, -0.05) is 41.0 Å². The molecular formula is C16H29N3O. The minimum absolute atomic E-state index is 0.0908. The molecule has 0 fully saturated rings. The zero-order valence-electron chi connectivity index (χ0n) is 14.0. The van der Waals surface area contributed by atoms with Gasteiger partial charge in [-0.15, -0.1) is 0 Å². The number of ether oxygens (including phenoxy) is 1. The van der Waals surface area contributed by atoms with Crippen molar-refractivity contribution in [1.82, 2.24) is 9.97 Å². The minimum atomic E-state index is -0.0908. The molecule has 0 aliphatic carbocycles. The number of rotatable bonds is 6. The Morgan fingerprint density at radius 3 is 2.40 bits per heavy atom. The van der Waals surface area contributed by atoms with Crippen molar-refractivity contribution in [2.75, 3.05) is 19.0 Å². The van der Waals surface area contributed by atoms with Gasteiger partial charge in [0.2, 0.25) is 5.88 Å². The molecule has 1 N–H and O–H groups in total. The van der Waals surface area contributed by atoms with Gasteiger partial charge in [0.05, 0.1) is 12.2 Å². The van der Waals surface area contributed by atoms with E-state index in [-0.39, 0.29) is 5.41 Å². The third-order valence-electron chi connectivity index (χ3n) is 3.29. The van der Waals surface area contributed by atoms with Gasteiger partial charge >= 0.3 is 0 Å². The Balaban J connectivity index is 2.99. The first kappa shape index (κ1) is 16.7. The molecule has 114 valence electrons. The molecule has 1 heterocycles. The Morgan fingerprint density at radius 2 is 1.90 bits per heavy atom. The summed E-state index contributed by atoms with van der Waals surface area (Å²) in [4.78, 5) is 9.19. The van der Waals surface area contributed by atoms with E-state index in [1.54, 1.807) is 0 Å². The van der Waals surface area contributed by atoms with Crippen LogP contribution >= 0.6 is 0 Å². The van der Waals surface area contributed by atoms with Crippen LogP contribution in [0.25, 0.3) is 0 Å². The lowest BCUT2D eigenvalue weighted by molar-refractivity contribution is 0.239. The second-order valence-electron chi connectivity index (χ2n) is 6.53. The van der Waals surface area contributed by atoms with Crippen LogP contribution in [0.15, 0.2) is 0 Å². The van der Waals surface area contributed by atoms with E-state index in [0.29, 0.717) is 18.4 Å². The first-order valence-electron chi connectivity index (χ1n) is 7.49. The van der Waals surface area contributed by atoms with Crippen LogP contribution in [0.4, 0.5) is 5.82 Å². The Hall–Kier alpha value is -1.32. The van der Waals surface area contributed by atoms with Gasteiger partial charge in [0, 0.05) is 12.5 Å². The summed E-state index contributed by atoms with van der Waals surface area (Å²) in [6, 6.07) is 0. The maximum absolute atomic E-state index is 5.94. The summed E-state index contributed by atoms with van der Waals surface area (Å²) >= 11 is 0. The fourth-order valence-corrected chi connectivity index (χ4v) is 2.01. The van der Waals surface area contributed by atoms with E-state index in [4.69, 9.17) is 4.74 Å². The highest BCUT2D eigenvalue weighted by Crippen LogP contribution is 2.27. The molecule has 4 heteroatoms. The van der Waals surface area contributed by atoms with Crippen molar-refractivity contribution in [3.63, 3.8) is 0 Å². The van der Waals surface area contributed by atoms with Gasteiger partial charge in [0.25, 0.3) is 0 Å². The monoisotopic (exact) mass is 279 g/mol. The first-order valence-corrected chi connectivity index (χ1v) is 7.49. The van der Waals surface area contributed by atoms with Crippen LogP contribution in [-0.2, 0) is 5.41 Å². The molecule has 1 rings (SSSR count). The normalized spacial score (nSPS) is 13.2. The van der Waals surface area contributed by atoms with Crippen LogP contribution in [0.2, 0.25) is 0 Å². The number of anilines is 1. The Bertz CT molecular complexity index is 438. The summed E-state index contributed by atoms with van der Waals surface area (Å²) in [5.74, 6) is 2.91. The summed E-state index contributed by atoms with van der Waals surface area (Å²) in [5, 5.41) is 3.13. The Kier molecular flexibility index (Phi) is 5.78. The van der Waals surface area contributed by atoms with Gasteiger partial charge in [-0.3, -0.25) is 0 Å². The van der Waals surface area contributed by atoms with E-state index < -0.39 is 0 Å².